The molecule has 0 radical (unpaired) electrons. The van der Waals surface area contributed by atoms with Crippen LogP contribution < -0.4 is 5.73 Å². The van der Waals surface area contributed by atoms with Crippen molar-refractivity contribution in [2.45, 2.75) is 103 Å². The lowest BCUT2D eigenvalue weighted by molar-refractivity contribution is 0.323. The highest BCUT2D eigenvalue weighted by Crippen LogP contribution is 2.13. The monoisotopic (exact) mass is 309 g/mol. The largest absolute Gasteiger partial charge is 0.346 e. The Kier molecular flexibility index (Phi) is 12.4. The normalized spacial score (nSPS) is 15.6. The third-order valence-corrected chi connectivity index (χ3v) is 4.75. The molecule has 1 aliphatic rings. The molecule has 0 fully saturated rings. The first kappa shape index (κ1) is 19.5. The zero-order valence-corrected chi connectivity index (χ0v) is 14.9. The molecule has 0 saturated heterocycles. The summed E-state index contributed by atoms with van der Waals surface area (Å²) in [6.45, 7) is 4.22. The van der Waals surface area contributed by atoms with Gasteiger partial charge in [0.05, 0.1) is 19.0 Å². The first-order chi connectivity index (χ1) is 10.8. The van der Waals surface area contributed by atoms with Gasteiger partial charge in [-0.25, -0.2) is 0 Å². The first-order valence-corrected chi connectivity index (χ1v) is 9.86. The van der Waals surface area contributed by atoms with Crippen LogP contribution in [0.4, 0.5) is 0 Å². The first-order valence-electron chi connectivity index (χ1n) is 9.86. The van der Waals surface area contributed by atoms with Crippen molar-refractivity contribution in [3.8, 4) is 0 Å². The Hall–Kier alpha value is -0.570. The van der Waals surface area contributed by atoms with Gasteiger partial charge in [-0.15, -0.1) is 0 Å². The summed E-state index contributed by atoms with van der Waals surface area (Å²) in [5, 5.41) is 0. The maximum atomic E-state index is 6.15. The van der Waals surface area contributed by atoms with Crippen LogP contribution in [-0.4, -0.2) is 30.5 Å². The second kappa shape index (κ2) is 14.0. The number of hydrogen-bond acceptors (Lipinski definition) is 3. The molecule has 0 aliphatic carbocycles. The molecule has 3 heteroatoms. The van der Waals surface area contributed by atoms with Gasteiger partial charge in [-0.1, -0.05) is 90.4 Å². The lowest BCUT2D eigenvalue weighted by Crippen LogP contribution is -2.39. The fourth-order valence-corrected chi connectivity index (χ4v) is 3.18. The molecule has 0 aromatic heterocycles. The summed E-state index contributed by atoms with van der Waals surface area (Å²) in [5.41, 5.74) is 6.15. The predicted molar refractivity (Wildman–Crippen MR) is 98.4 cm³/mol. The van der Waals surface area contributed by atoms with Gasteiger partial charge in [0.15, 0.2) is 0 Å². The molecule has 1 aliphatic heterocycles. The van der Waals surface area contributed by atoms with Gasteiger partial charge < -0.3 is 10.6 Å². The van der Waals surface area contributed by atoms with Crippen LogP contribution in [0.1, 0.15) is 96.8 Å². The summed E-state index contributed by atoms with van der Waals surface area (Å²) < 4.78 is 0. The standard InChI is InChI=1S/C19H39N3/c1-2-3-4-5-6-7-8-9-10-11-12-13-14-15-19(20)22-17-16-21-18-22/h18-19H,2-17,20H2,1H3. The SMILES string of the molecule is CCCCCCCCCCCCCCCC(N)N1C=NCC1. The van der Waals surface area contributed by atoms with Gasteiger partial charge in [-0.2, -0.15) is 0 Å². The molecular formula is C19H39N3. The van der Waals surface area contributed by atoms with E-state index in [1.54, 1.807) is 0 Å². The molecule has 1 atom stereocenters. The van der Waals surface area contributed by atoms with E-state index in [0.717, 1.165) is 19.5 Å². The second-order valence-electron chi connectivity index (χ2n) is 6.86. The van der Waals surface area contributed by atoms with Crippen molar-refractivity contribution < 1.29 is 0 Å². The minimum absolute atomic E-state index is 0.193. The van der Waals surface area contributed by atoms with E-state index < -0.39 is 0 Å². The summed E-state index contributed by atoms with van der Waals surface area (Å²) in [6, 6.07) is 0. The predicted octanol–water partition coefficient (Wildman–Crippen LogP) is 5.10. The minimum Gasteiger partial charge on any atom is -0.346 e. The van der Waals surface area contributed by atoms with Crippen molar-refractivity contribution in [3.05, 3.63) is 0 Å². The molecule has 3 nitrogen and oxygen atoms in total. The van der Waals surface area contributed by atoms with Crippen LogP contribution >= 0.6 is 0 Å². The van der Waals surface area contributed by atoms with Crippen LogP contribution in [0.15, 0.2) is 4.99 Å². The van der Waals surface area contributed by atoms with E-state index in [-0.39, 0.29) is 6.17 Å². The van der Waals surface area contributed by atoms with Crippen molar-refractivity contribution >= 4 is 6.34 Å². The van der Waals surface area contributed by atoms with Crippen LogP contribution in [0.2, 0.25) is 0 Å². The van der Waals surface area contributed by atoms with Crippen molar-refractivity contribution in [2.75, 3.05) is 13.1 Å². The average molecular weight is 310 g/mol. The molecule has 0 saturated carbocycles. The van der Waals surface area contributed by atoms with E-state index in [9.17, 15) is 0 Å². The number of nitrogens with zero attached hydrogens (tertiary/aromatic N) is 2. The van der Waals surface area contributed by atoms with E-state index in [1.165, 1.54) is 83.5 Å². The smallest absolute Gasteiger partial charge is 0.0863 e. The second-order valence-corrected chi connectivity index (χ2v) is 6.86. The molecule has 22 heavy (non-hydrogen) atoms. The van der Waals surface area contributed by atoms with Gasteiger partial charge in [0.25, 0.3) is 0 Å². The summed E-state index contributed by atoms with van der Waals surface area (Å²) >= 11 is 0. The Morgan fingerprint density at radius 3 is 1.82 bits per heavy atom. The average Bonchev–Trinajstić information content (AvgIpc) is 3.06. The Labute approximate surface area is 138 Å². The number of unbranched alkanes of at least 4 members (excludes halogenated alkanes) is 12. The van der Waals surface area contributed by atoms with Crippen molar-refractivity contribution in [3.63, 3.8) is 0 Å². The number of aliphatic imine (C=N–C) groups is 1. The van der Waals surface area contributed by atoms with E-state index in [1.807, 2.05) is 6.34 Å². The summed E-state index contributed by atoms with van der Waals surface area (Å²) in [5.74, 6) is 0. The lowest BCUT2D eigenvalue weighted by atomic mass is 10.0. The number of hydrogen-bond donors (Lipinski definition) is 1. The number of nitrogens with two attached hydrogens (primary N) is 1. The van der Waals surface area contributed by atoms with Crippen LogP contribution in [-0.2, 0) is 0 Å². The summed E-state index contributed by atoms with van der Waals surface area (Å²) in [7, 11) is 0. The zero-order chi connectivity index (χ0) is 15.9. The van der Waals surface area contributed by atoms with Gasteiger partial charge in [0, 0.05) is 6.54 Å². The van der Waals surface area contributed by atoms with Crippen molar-refractivity contribution in [1.29, 1.82) is 0 Å². The van der Waals surface area contributed by atoms with E-state index >= 15 is 0 Å². The van der Waals surface area contributed by atoms with Crippen LogP contribution in [0.25, 0.3) is 0 Å². The molecule has 1 heterocycles. The van der Waals surface area contributed by atoms with E-state index in [2.05, 4.69) is 16.8 Å². The maximum absolute atomic E-state index is 6.15. The highest BCUT2D eigenvalue weighted by Gasteiger charge is 2.12. The number of rotatable bonds is 15. The molecule has 130 valence electrons. The molecule has 2 N–H and O–H groups in total. The van der Waals surface area contributed by atoms with Gasteiger partial charge in [-0.3, -0.25) is 4.99 Å². The van der Waals surface area contributed by atoms with Crippen LogP contribution in [0.3, 0.4) is 0 Å². The van der Waals surface area contributed by atoms with Crippen LogP contribution in [0, 0.1) is 0 Å². The molecule has 0 aromatic rings. The Morgan fingerprint density at radius 1 is 0.864 bits per heavy atom. The van der Waals surface area contributed by atoms with Gasteiger partial charge >= 0.3 is 0 Å². The quantitative estimate of drug-likeness (QED) is 0.428. The highest BCUT2D eigenvalue weighted by atomic mass is 15.3. The van der Waals surface area contributed by atoms with E-state index in [4.69, 9.17) is 5.73 Å². The third-order valence-electron chi connectivity index (χ3n) is 4.75. The minimum atomic E-state index is 0.193. The van der Waals surface area contributed by atoms with Crippen molar-refractivity contribution in [2.24, 2.45) is 10.7 Å². The van der Waals surface area contributed by atoms with Gasteiger partial charge in [0.1, 0.15) is 0 Å². The van der Waals surface area contributed by atoms with E-state index in [0.29, 0.717) is 0 Å². The van der Waals surface area contributed by atoms with Gasteiger partial charge in [-0.05, 0) is 6.42 Å². The summed E-state index contributed by atoms with van der Waals surface area (Å²) in [4.78, 5) is 6.40. The Bertz CT molecular complexity index is 265. The molecule has 0 aromatic carbocycles. The van der Waals surface area contributed by atoms with Crippen molar-refractivity contribution in [1.82, 2.24) is 4.90 Å². The zero-order valence-electron chi connectivity index (χ0n) is 14.9. The molecule has 1 unspecified atom stereocenters. The molecule has 0 spiro atoms. The molecule has 0 bridgehead atoms. The van der Waals surface area contributed by atoms with Gasteiger partial charge in [0.2, 0.25) is 0 Å². The Balaban J connectivity index is 1.73. The molecular weight excluding hydrogens is 270 g/mol. The van der Waals surface area contributed by atoms with Crippen LogP contribution in [0.5, 0.6) is 0 Å². The maximum Gasteiger partial charge on any atom is 0.0863 e. The molecule has 0 amide bonds. The topological polar surface area (TPSA) is 41.6 Å². The fourth-order valence-electron chi connectivity index (χ4n) is 3.18. The lowest BCUT2D eigenvalue weighted by Gasteiger charge is -2.22. The third kappa shape index (κ3) is 10.2. The summed E-state index contributed by atoms with van der Waals surface area (Å²) in [6.07, 6.45) is 21.6. The Morgan fingerprint density at radius 2 is 1.36 bits per heavy atom. The fraction of sp³-hybridized carbons (Fsp3) is 0.947. The highest BCUT2D eigenvalue weighted by molar-refractivity contribution is 5.57. The molecule has 1 rings (SSSR count).